The number of aliphatic hydroxyl groups is 1. The maximum Gasteiger partial charge on any atom is 0.389 e. The van der Waals surface area contributed by atoms with Crippen LogP contribution < -0.4 is 10.6 Å². The monoisotopic (exact) mass is 517 g/mol. The molecule has 2 amide bonds. The molecule has 2 fully saturated rings. The highest BCUT2D eigenvalue weighted by Crippen LogP contribution is 2.42. The highest BCUT2D eigenvalue weighted by atomic mass is 35.5. The van der Waals surface area contributed by atoms with Gasteiger partial charge in [-0.15, -0.1) is 0 Å². The first-order chi connectivity index (χ1) is 16.6. The van der Waals surface area contributed by atoms with Crippen LogP contribution >= 0.6 is 11.6 Å². The highest BCUT2D eigenvalue weighted by Gasteiger charge is 2.44. The van der Waals surface area contributed by atoms with Crippen molar-refractivity contribution in [1.82, 2.24) is 15.5 Å². The Labute approximate surface area is 211 Å². The van der Waals surface area contributed by atoms with Crippen LogP contribution in [0.2, 0.25) is 5.02 Å². The molecule has 2 aliphatic rings. The number of amides is 2. The first kappa shape index (κ1) is 28.1. The van der Waals surface area contributed by atoms with Crippen molar-refractivity contribution in [2.45, 2.75) is 82.0 Å². The second-order valence-corrected chi connectivity index (χ2v) is 10.7. The van der Waals surface area contributed by atoms with Crippen LogP contribution in [0.3, 0.4) is 0 Å². The number of nitrogens with zero attached hydrogens (tertiary/aromatic N) is 1. The van der Waals surface area contributed by atoms with Gasteiger partial charge < -0.3 is 20.6 Å². The van der Waals surface area contributed by atoms with Crippen LogP contribution in [0.25, 0.3) is 0 Å². The molecule has 0 radical (unpaired) electrons. The SMILES string of the molecule is CNCC(CC1CCCCC1)NC(=O)N1CCCC(C(O)(CCC(F)(F)F)c2cccc(Cl)c2)C1. The van der Waals surface area contributed by atoms with Gasteiger partial charge >= 0.3 is 12.2 Å². The summed E-state index contributed by atoms with van der Waals surface area (Å²) in [5, 5.41) is 18.3. The second kappa shape index (κ2) is 12.6. The van der Waals surface area contributed by atoms with Crippen LogP contribution in [-0.2, 0) is 5.60 Å². The minimum absolute atomic E-state index is 0.00646. The maximum absolute atomic E-state index is 13.2. The second-order valence-electron chi connectivity index (χ2n) is 10.3. The Morgan fingerprint density at radius 1 is 1.17 bits per heavy atom. The zero-order valence-corrected chi connectivity index (χ0v) is 21.3. The fourth-order valence-corrected chi connectivity index (χ4v) is 5.95. The number of likely N-dealkylation sites (N-methyl/N-ethyl adjacent to an activating group) is 1. The lowest BCUT2D eigenvalue weighted by atomic mass is 9.74. The molecule has 1 aromatic rings. The Hall–Kier alpha value is -1.51. The number of benzene rings is 1. The number of hydrogen-bond acceptors (Lipinski definition) is 3. The normalized spacial score (nSPS) is 22.5. The molecule has 3 unspecified atom stereocenters. The van der Waals surface area contributed by atoms with Gasteiger partial charge in [0.05, 0.1) is 5.60 Å². The van der Waals surface area contributed by atoms with Gasteiger partial charge in [-0.3, -0.25) is 0 Å². The van der Waals surface area contributed by atoms with Gasteiger partial charge in [0.2, 0.25) is 0 Å². The van der Waals surface area contributed by atoms with Crippen LogP contribution in [0.4, 0.5) is 18.0 Å². The number of hydrogen-bond donors (Lipinski definition) is 3. The van der Waals surface area contributed by atoms with Crippen LogP contribution in [0.5, 0.6) is 0 Å². The van der Waals surface area contributed by atoms with E-state index in [0.29, 0.717) is 42.4 Å². The van der Waals surface area contributed by atoms with Crippen molar-refractivity contribution in [2.75, 3.05) is 26.7 Å². The number of alkyl halides is 3. The van der Waals surface area contributed by atoms with E-state index in [0.717, 1.165) is 6.42 Å². The molecule has 3 rings (SSSR count). The topological polar surface area (TPSA) is 64.6 Å². The van der Waals surface area contributed by atoms with Gasteiger partial charge in [0.1, 0.15) is 0 Å². The Morgan fingerprint density at radius 2 is 1.91 bits per heavy atom. The summed E-state index contributed by atoms with van der Waals surface area (Å²) in [5.41, 5.74) is -1.36. The van der Waals surface area contributed by atoms with Crippen LogP contribution in [0.15, 0.2) is 24.3 Å². The molecule has 1 aromatic carbocycles. The van der Waals surface area contributed by atoms with Gasteiger partial charge in [0.25, 0.3) is 0 Å². The molecule has 1 heterocycles. The number of carbonyl (C=O) groups is 1. The summed E-state index contributed by atoms with van der Waals surface area (Å²) in [6.07, 6.45) is 2.22. The fourth-order valence-electron chi connectivity index (χ4n) is 5.76. The zero-order valence-electron chi connectivity index (χ0n) is 20.5. The zero-order chi connectivity index (χ0) is 25.5. The molecule has 0 aromatic heterocycles. The summed E-state index contributed by atoms with van der Waals surface area (Å²) in [7, 11) is 1.86. The van der Waals surface area contributed by atoms with E-state index in [4.69, 9.17) is 11.6 Å². The standard InChI is InChI=1S/C26H39ClF3N3O2/c1-31-17-23(15-19-7-3-2-4-8-19)32-24(34)33-14-6-10-21(18-33)25(35,12-13-26(28,29)30)20-9-5-11-22(27)16-20/h5,9,11,16,19,21,23,31,35H,2-4,6-8,10,12-15,17-18H2,1H3,(H,32,34). The number of likely N-dealkylation sites (tertiary alicyclic amines) is 1. The number of piperidine rings is 1. The molecular weight excluding hydrogens is 479 g/mol. The molecule has 3 atom stereocenters. The quantitative estimate of drug-likeness (QED) is 0.385. The van der Waals surface area contributed by atoms with Gasteiger partial charge in [-0.05, 0) is 56.3 Å². The minimum atomic E-state index is -4.39. The van der Waals surface area contributed by atoms with E-state index in [9.17, 15) is 23.1 Å². The summed E-state index contributed by atoms with van der Waals surface area (Å²) in [4.78, 5) is 14.9. The van der Waals surface area contributed by atoms with Crippen molar-refractivity contribution in [3.8, 4) is 0 Å². The van der Waals surface area contributed by atoms with E-state index in [1.165, 1.54) is 38.2 Å². The third kappa shape index (κ3) is 8.25. The van der Waals surface area contributed by atoms with Gasteiger partial charge in [0.15, 0.2) is 0 Å². The van der Waals surface area contributed by atoms with E-state index in [1.807, 2.05) is 7.05 Å². The maximum atomic E-state index is 13.2. The number of carbonyl (C=O) groups excluding carboxylic acids is 1. The Balaban J connectivity index is 1.71. The molecule has 1 saturated carbocycles. The average molecular weight is 518 g/mol. The number of urea groups is 1. The van der Waals surface area contributed by atoms with E-state index in [1.54, 1.807) is 23.1 Å². The van der Waals surface area contributed by atoms with Crippen LogP contribution in [0, 0.1) is 11.8 Å². The molecule has 1 aliphatic carbocycles. The summed E-state index contributed by atoms with van der Waals surface area (Å²) in [6, 6.07) is 6.20. The van der Waals surface area contributed by atoms with Crippen molar-refractivity contribution in [3.05, 3.63) is 34.9 Å². The average Bonchev–Trinajstić information content (AvgIpc) is 2.83. The molecule has 0 spiro atoms. The number of nitrogens with one attached hydrogen (secondary N) is 2. The van der Waals surface area contributed by atoms with E-state index in [-0.39, 0.29) is 18.6 Å². The third-order valence-electron chi connectivity index (χ3n) is 7.62. The molecule has 9 heteroatoms. The first-order valence-corrected chi connectivity index (χ1v) is 13.2. The molecular formula is C26H39ClF3N3O2. The Bertz CT molecular complexity index is 819. The molecule has 1 saturated heterocycles. The molecule has 35 heavy (non-hydrogen) atoms. The predicted molar refractivity (Wildman–Crippen MR) is 132 cm³/mol. The van der Waals surface area contributed by atoms with Crippen molar-refractivity contribution in [2.24, 2.45) is 11.8 Å². The summed E-state index contributed by atoms with van der Waals surface area (Å²) in [5.74, 6) is 0.0794. The third-order valence-corrected chi connectivity index (χ3v) is 7.85. The number of rotatable bonds is 9. The Morgan fingerprint density at radius 3 is 2.57 bits per heavy atom. The minimum Gasteiger partial charge on any atom is -0.385 e. The van der Waals surface area contributed by atoms with Crippen molar-refractivity contribution in [1.29, 1.82) is 0 Å². The van der Waals surface area contributed by atoms with Crippen LogP contribution in [0.1, 0.15) is 69.8 Å². The largest absolute Gasteiger partial charge is 0.389 e. The van der Waals surface area contributed by atoms with Gasteiger partial charge in [-0.2, -0.15) is 13.2 Å². The lowest BCUT2D eigenvalue weighted by Crippen LogP contribution is -2.54. The van der Waals surface area contributed by atoms with Gasteiger partial charge in [-0.1, -0.05) is 55.8 Å². The van der Waals surface area contributed by atoms with Crippen molar-refractivity contribution < 1.29 is 23.1 Å². The lowest BCUT2D eigenvalue weighted by Gasteiger charge is -2.43. The lowest BCUT2D eigenvalue weighted by molar-refractivity contribution is -0.155. The smallest absolute Gasteiger partial charge is 0.385 e. The van der Waals surface area contributed by atoms with Gasteiger partial charge in [0, 0.05) is 43.0 Å². The van der Waals surface area contributed by atoms with Crippen molar-refractivity contribution >= 4 is 17.6 Å². The van der Waals surface area contributed by atoms with E-state index < -0.39 is 30.5 Å². The predicted octanol–water partition coefficient (Wildman–Crippen LogP) is 5.85. The number of halogens is 4. The molecule has 0 bridgehead atoms. The van der Waals surface area contributed by atoms with Crippen molar-refractivity contribution in [3.63, 3.8) is 0 Å². The fraction of sp³-hybridized carbons (Fsp3) is 0.731. The molecule has 5 nitrogen and oxygen atoms in total. The van der Waals surface area contributed by atoms with E-state index in [2.05, 4.69) is 10.6 Å². The molecule has 198 valence electrons. The molecule has 3 N–H and O–H groups in total. The Kier molecular flexibility index (Phi) is 10.1. The highest BCUT2D eigenvalue weighted by molar-refractivity contribution is 6.30. The summed E-state index contributed by atoms with van der Waals surface area (Å²) >= 11 is 6.11. The van der Waals surface area contributed by atoms with Gasteiger partial charge in [-0.25, -0.2) is 4.79 Å². The van der Waals surface area contributed by atoms with E-state index >= 15 is 0 Å². The summed E-state index contributed by atoms with van der Waals surface area (Å²) in [6.45, 7) is 1.38. The van der Waals surface area contributed by atoms with Crippen LogP contribution in [-0.4, -0.2) is 54.9 Å². The first-order valence-electron chi connectivity index (χ1n) is 12.9. The molecule has 1 aliphatic heterocycles. The summed E-state index contributed by atoms with van der Waals surface area (Å²) < 4.78 is 39.4.